The molecule has 1 saturated carbocycles. The van der Waals surface area contributed by atoms with Crippen molar-refractivity contribution in [2.24, 2.45) is 11.3 Å². The first-order chi connectivity index (χ1) is 8.29. The number of hydrogen-bond donors (Lipinski definition) is 1. The highest BCUT2D eigenvalue weighted by atomic mass is 35.5. The minimum Gasteiger partial charge on any atom is -0.342 e. The van der Waals surface area contributed by atoms with Crippen molar-refractivity contribution in [3.63, 3.8) is 0 Å². The lowest BCUT2D eigenvalue weighted by Crippen LogP contribution is -2.37. The van der Waals surface area contributed by atoms with Crippen LogP contribution < -0.4 is 5.32 Å². The number of carbonyl (C=O) groups is 1. The standard InChI is InChI=1S/C14H24N2O.ClH/c17-13(12-4-2-1-3-5-12)16-9-7-14(11-16)6-8-15-10-14;/h12,15H,1-11H2;1H. The van der Waals surface area contributed by atoms with Gasteiger partial charge in [-0.1, -0.05) is 19.3 Å². The molecule has 3 aliphatic rings. The molecule has 1 atom stereocenters. The Bertz CT molecular complexity index is 296. The van der Waals surface area contributed by atoms with Crippen LogP contribution >= 0.6 is 12.4 Å². The van der Waals surface area contributed by atoms with Crippen LogP contribution in [0.4, 0.5) is 0 Å². The van der Waals surface area contributed by atoms with Gasteiger partial charge in [0.05, 0.1) is 0 Å². The largest absolute Gasteiger partial charge is 0.342 e. The topological polar surface area (TPSA) is 32.3 Å². The SMILES string of the molecule is Cl.O=C(C1CCCCC1)N1CCC2(CCNC2)C1. The summed E-state index contributed by atoms with van der Waals surface area (Å²) in [5, 5.41) is 3.46. The highest BCUT2D eigenvalue weighted by Gasteiger charge is 2.42. The van der Waals surface area contributed by atoms with E-state index in [1.807, 2.05) is 0 Å². The van der Waals surface area contributed by atoms with Crippen molar-refractivity contribution < 1.29 is 4.79 Å². The number of hydrogen-bond acceptors (Lipinski definition) is 2. The zero-order valence-electron chi connectivity index (χ0n) is 11.1. The van der Waals surface area contributed by atoms with E-state index in [0.29, 0.717) is 17.2 Å². The molecule has 3 fully saturated rings. The molecule has 1 N–H and O–H groups in total. The molecule has 4 heteroatoms. The van der Waals surface area contributed by atoms with Gasteiger partial charge in [0, 0.05) is 31.0 Å². The Labute approximate surface area is 116 Å². The van der Waals surface area contributed by atoms with E-state index in [0.717, 1.165) is 39.0 Å². The Kier molecular flexibility index (Phi) is 4.54. The molecule has 2 saturated heterocycles. The number of halogens is 1. The van der Waals surface area contributed by atoms with E-state index < -0.39 is 0 Å². The molecule has 1 amide bonds. The number of rotatable bonds is 1. The second-order valence-corrected chi connectivity index (χ2v) is 6.27. The van der Waals surface area contributed by atoms with E-state index in [1.165, 1.54) is 32.1 Å². The smallest absolute Gasteiger partial charge is 0.225 e. The molecule has 2 aliphatic heterocycles. The minimum absolute atomic E-state index is 0. The average Bonchev–Trinajstić information content (AvgIpc) is 3.01. The van der Waals surface area contributed by atoms with E-state index >= 15 is 0 Å². The summed E-state index contributed by atoms with van der Waals surface area (Å²) in [6.45, 7) is 4.30. The van der Waals surface area contributed by atoms with E-state index in [2.05, 4.69) is 10.2 Å². The third kappa shape index (κ3) is 2.67. The van der Waals surface area contributed by atoms with Gasteiger partial charge >= 0.3 is 0 Å². The lowest BCUT2D eigenvalue weighted by molar-refractivity contribution is -0.135. The van der Waals surface area contributed by atoms with Crippen molar-refractivity contribution in [1.29, 1.82) is 0 Å². The van der Waals surface area contributed by atoms with Crippen LogP contribution in [0.1, 0.15) is 44.9 Å². The van der Waals surface area contributed by atoms with Crippen LogP contribution in [0.5, 0.6) is 0 Å². The molecule has 0 aromatic carbocycles. The third-order valence-corrected chi connectivity index (χ3v) is 5.04. The molecule has 3 nitrogen and oxygen atoms in total. The summed E-state index contributed by atoms with van der Waals surface area (Å²) in [7, 11) is 0. The average molecular weight is 273 g/mol. The van der Waals surface area contributed by atoms with Crippen LogP contribution in [-0.4, -0.2) is 37.0 Å². The fraction of sp³-hybridized carbons (Fsp3) is 0.929. The molecule has 3 rings (SSSR count). The second-order valence-electron chi connectivity index (χ2n) is 6.27. The monoisotopic (exact) mass is 272 g/mol. The van der Waals surface area contributed by atoms with Gasteiger partial charge in [0.1, 0.15) is 0 Å². The fourth-order valence-corrected chi connectivity index (χ4v) is 3.87. The number of amides is 1. The molecule has 0 radical (unpaired) electrons. The molecular weight excluding hydrogens is 248 g/mol. The predicted octanol–water partition coefficient (Wildman–Crippen LogP) is 2.20. The number of likely N-dealkylation sites (tertiary alicyclic amines) is 1. The zero-order chi connectivity index (χ0) is 11.7. The van der Waals surface area contributed by atoms with Crippen LogP contribution in [0.3, 0.4) is 0 Å². The summed E-state index contributed by atoms with van der Waals surface area (Å²) in [4.78, 5) is 14.6. The van der Waals surface area contributed by atoms with Crippen molar-refractivity contribution in [2.45, 2.75) is 44.9 Å². The summed E-state index contributed by atoms with van der Waals surface area (Å²) >= 11 is 0. The zero-order valence-corrected chi connectivity index (χ0v) is 11.9. The van der Waals surface area contributed by atoms with Crippen molar-refractivity contribution in [1.82, 2.24) is 10.2 Å². The Balaban J connectivity index is 0.00000120. The number of nitrogens with one attached hydrogen (secondary N) is 1. The first-order valence-corrected chi connectivity index (χ1v) is 7.29. The molecule has 0 aromatic rings. The summed E-state index contributed by atoms with van der Waals surface area (Å²) in [5.41, 5.74) is 0.435. The molecule has 104 valence electrons. The van der Waals surface area contributed by atoms with Crippen molar-refractivity contribution >= 4 is 18.3 Å². The first kappa shape index (κ1) is 14.1. The Morgan fingerprint density at radius 1 is 1.17 bits per heavy atom. The van der Waals surface area contributed by atoms with E-state index in [4.69, 9.17) is 0 Å². The molecule has 0 aromatic heterocycles. The summed E-state index contributed by atoms with van der Waals surface area (Å²) in [6.07, 6.45) is 8.62. The van der Waals surface area contributed by atoms with Gasteiger partial charge in [0.15, 0.2) is 0 Å². The van der Waals surface area contributed by atoms with Gasteiger partial charge in [-0.25, -0.2) is 0 Å². The van der Waals surface area contributed by atoms with Gasteiger partial charge in [0.2, 0.25) is 5.91 Å². The van der Waals surface area contributed by atoms with Crippen LogP contribution in [0, 0.1) is 11.3 Å². The first-order valence-electron chi connectivity index (χ1n) is 7.29. The Morgan fingerprint density at radius 2 is 1.94 bits per heavy atom. The Hall–Kier alpha value is -0.280. The quantitative estimate of drug-likeness (QED) is 0.794. The highest BCUT2D eigenvalue weighted by Crippen LogP contribution is 2.37. The van der Waals surface area contributed by atoms with Crippen LogP contribution in [0.25, 0.3) is 0 Å². The predicted molar refractivity (Wildman–Crippen MR) is 74.9 cm³/mol. The van der Waals surface area contributed by atoms with Gasteiger partial charge in [-0.05, 0) is 32.2 Å². The number of nitrogens with zero attached hydrogens (tertiary/aromatic N) is 1. The lowest BCUT2D eigenvalue weighted by atomic mass is 9.86. The third-order valence-electron chi connectivity index (χ3n) is 5.04. The van der Waals surface area contributed by atoms with Gasteiger partial charge in [-0.3, -0.25) is 4.79 Å². The van der Waals surface area contributed by atoms with Crippen molar-refractivity contribution in [2.75, 3.05) is 26.2 Å². The van der Waals surface area contributed by atoms with Gasteiger partial charge in [-0.15, -0.1) is 12.4 Å². The maximum atomic E-state index is 12.4. The number of carbonyl (C=O) groups excluding carboxylic acids is 1. The van der Waals surface area contributed by atoms with Crippen LogP contribution in [0.2, 0.25) is 0 Å². The summed E-state index contributed by atoms with van der Waals surface area (Å²) in [6, 6.07) is 0. The van der Waals surface area contributed by atoms with E-state index in [9.17, 15) is 4.79 Å². The van der Waals surface area contributed by atoms with Gasteiger partial charge in [0.25, 0.3) is 0 Å². The summed E-state index contributed by atoms with van der Waals surface area (Å²) in [5.74, 6) is 0.821. The normalized spacial score (nSPS) is 32.8. The maximum absolute atomic E-state index is 12.4. The highest BCUT2D eigenvalue weighted by molar-refractivity contribution is 5.85. The van der Waals surface area contributed by atoms with Crippen LogP contribution in [-0.2, 0) is 4.79 Å². The lowest BCUT2D eigenvalue weighted by Gasteiger charge is -2.28. The Morgan fingerprint density at radius 3 is 2.61 bits per heavy atom. The maximum Gasteiger partial charge on any atom is 0.225 e. The second kappa shape index (κ2) is 5.79. The van der Waals surface area contributed by atoms with Gasteiger partial charge in [-0.2, -0.15) is 0 Å². The van der Waals surface area contributed by atoms with Crippen molar-refractivity contribution in [3.05, 3.63) is 0 Å². The van der Waals surface area contributed by atoms with E-state index in [-0.39, 0.29) is 12.4 Å². The van der Waals surface area contributed by atoms with Crippen LogP contribution in [0.15, 0.2) is 0 Å². The molecule has 2 heterocycles. The molecule has 0 bridgehead atoms. The summed E-state index contributed by atoms with van der Waals surface area (Å²) < 4.78 is 0. The van der Waals surface area contributed by atoms with Crippen molar-refractivity contribution in [3.8, 4) is 0 Å². The molecule has 1 aliphatic carbocycles. The fourth-order valence-electron chi connectivity index (χ4n) is 3.87. The van der Waals surface area contributed by atoms with Gasteiger partial charge < -0.3 is 10.2 Å². The molecular formula is C14H25ClN2O. The minimum atomic E-state index is 0. The molecule has 1 spiro atoms. The molecule has 18 heavy (non-hydrogen) atoms. The van der Waals surface area contributed by atoms with E-state index in [1.54, 1.807) is 0 Å². The molecule has 1 unspecified atom stereocenters.